The number of nitrogens with zero attached hydrogens (tertiary/aromatic N) is 3. The minimum Gasteiger partial charge on any atom is -0.355 e. The molecule has 1 saturated heterocycles. The lowest BCUT2D eigenvalue weighted by atomic mass is 9.89. The van der Waals surface area contributed by atoms with Crippen LogP contribution in [0, 0.1) is 11.7 Å². The van der Waals surface area contributed by atoms with Crippen molar-refractivity contribution in [2.45, 2.75) is 44.6 Å². The maximum Gasteiger partial charge on any atom is 0.223 e. The first kappa shape index (κ1) is 20.4. The second-order valence-electron chi connectivity index (χ2n) is 7.51. The van der Waals surface area contributed by atoms with E-state index in [4.69, 9.17) is 0 Å². The Bertz CT molecular complexity index is 676. The predicted octanol–water partition coefficient (Wildman–Crippen LogP) is 1.66. The van der Waals surface area contributed by atoms with Crippen LogP contribution in [0.3, 0.4) is 0 Å². The summed E-state index contributed by atoms with van der Waals surface area (Å²) >= 11 is 0. The maximum absolute atomic E-state index is 13.9. The minimum absolute atomic E-state index is 0.171. The molecule has 1 aromatic rings. The molecule has 1 saturated carbocycles. The van der Waals surface area contributed by atoms with E-state index in [0.717, 1.165) is 38.6 Å². The molecule has 2 fully saturated rings. The third kappa shape index (κ3) is 5.56. The molecule has 2 heterocycles. The Morgan fingerprint density at radius 3 is 2.79 bits per heavy atom. The SMILES string of the molecule is CN=C(NCCNC(=O)C1CCCCC1)NC1CCN(c2ncccc2F)C1. The Morgan fingerprint density at radius 2 is 2.04 bits per heavy atom. The largest absolute Gasteiger partial charge is 0.355 e. The van der Waals surface area contributed by atoms with Crippen molar-refractivity contribution in [2.75, 3.05) is 38.1 Å². The Morgan fingerprint density at radius 1 is 1.25 bits per heavy atom. The van der Waals surface area contributed by atoms with E-state index >= 15 is 0 Å². The van der Waals surface area contributed by atoms with Gasteiger partial charge in [-0.3, -0.25) is 9.79 Å². The highest BCUT2D eigenvalue weighted by Gasteiger charge is 2.26. The van der Waals surface area contributed by atoms with Crippen molar-refractivity contribution in [3.05, 3.63) is 24.1 Å². The van der Waals surface area contributed by atoms with Gasteiger partial charge in [0.15, 0.2) is 17.6 Å². The number of halogens is 1. The molecule has 0 aromatic carbocycles. The van der Waals surface area contributed by atoms with Crippen LogP contribution >= 0.6 is 0 Å². The zero-order chi connectivity index (χ0) is 19.8. The summed E-state index contributed by atoms with van der Waals surface area (Å²) in [5.74, 6) is 1.16. The van der Waals surface area contributed by atoms with Crippen molar-refractivity contribution in [1.82, 2.24) is 20.9 Å². The van der Waals surface area contributed by atoms with E-state index < -0.39 is 0 Å². The summed E-state index contributed by atoms with van der Waals surface area (Å²) in [6, 6.07) is 3.21. The molecule has 1 atom stereocenters. The van der Waals surface area contributed by atoms with E-state index in [9.17, 15) is 9.18 Å². The fourth-order valence-corrected chi connectivity index (χ4v) is 3.94. The summed E-state index contributed by atoms with van der Waals surface area (Å²) in [4.78, 5) is 22.5. The molecule has 0 bridgehead atoms. The highest BCUT2D eigenvalue weighted by atomic mass is 19.1. The number of hydrogen-bond donors (Lipinski definition) is 3. The lowest BCUT2D eigenvalue weighted by molar-refractivity contribution is -0.125. The van der Waals surface area contributed by atoms with Crippen molar-refractivity contribution >= 4 is 17.7 Å². The number of carbonyl (C=O) groups excluding carboxylic acids is 1. The zero-order valence-electron chi connectivity index (χ0n) is 16.6. The van der Waals surface area contributed by atoms with Crippen LogP contribution in [-0.2, 0) is 4.79 Å². The number of rotatable bonds is 6. The van der Waals surface area contributed by atoms with Crippen molar-refractivity contribution in [3.8, 4) is 0 Å². The lowest BCUT2D eigenvalue weighted by Crippen LogP contribution is -2.47. The molecular formula is C20H31FN6O. The average Bonchev–Trinajstić information content (AvgIpc) is 3.19. The number of aliphatic imine (C=N–C) groups is 1. The van der Waals surface area contributed by atoms with Crippen LogP contribution in [-0.4, -0.2) is 56.1 Å². The van der Waals surface area contributed by atoms with Crippen molar-refractivity contribution in [2.24, 2.45) is 10.9 Å². The van der Waals surface area contributed by atoms with Gasteiger partial charge in [0.05, 0.1) is 0 Å². The molecule has 3 N–H and O–H groups in total. The summed E-state index contributed by atoms with van der Waals surface area (Å²) in [5, 5.41) is 9.63. The normalized spacial score (nSPS) is 20.9. The molecule has 0 spiro atoms. The van der Waals surface area contributed by atoms with Crippen LogP contribution in [0.15, 0.2) is 23.3 Å². The molecule has 1 aliphatic heterocycles. The summed E-state index contributed by atoms with van der Waals surface area (Å²) in [6.07, 6.45) is 8.09. The van der Waals surface area contributed by atoms with Crippen LogP contribution < -0.4 is 20.9 Å². The topological polar surface area (TPSA) is 81.6 Å². The zero-order valence-corrected chi connectivity index (χ0v) is 16.6. The van der Waals surface area contributed by atoms with Gasteiger partial charge >= 0.3 is 0 Å². The highest BCUT2D eigenvalue weighted by molar-refractivity contribution is 5.80. The number of anilines is 1. The third-order valence-corrected chi connectivity index (χ3v) is 5.48. The van der Waals surface area contributed by atoms with Crippen molar-refractivity contribution in [1.29, 1.82) is 0 Å². The van der Waals surface area contributed by atoms with Crippen LogP contribution in [0.2, 0.25) is 0 Å². The van der Waals surface area contributed by atoms with E-state index in [1.165, 1.54) is 12.5 Å². The summed E-state index contributed by atoms with van der Waals surface area (Å²) in [6.45, 7) is 2.61. The van der Waals surface area contributed by atoms with Gasteiger partial charge in [0.25, 0.3) is 0 Å². The van der Waals surface area contributed by atoms with E-state index in [2.05, 4.69) is 25.9 Å². The molecular weight excluding hydrogens is 359 g/mol. The van der Waals surface area contributed by atoms with Crippen molar-refractivity contribution < 1.29 is 9.18 Å². The molecule has 3 rings (SSSR count). The summed E-state index contributed by atoms with van der Waals surface area (Å²) in [5.41, 5.74) is 0. The molecule has 1 unspecified atom stereocenters. The molecule has 154 valence electrons. The Hall–Kier alpha value is -2.38. The standard InChI is InChI=1S/C20H31FN6O/c1-22-20(25-12-11-24-19(28)15-6-3-2-4-7-15)26-16-9-13-27(14-16)18-17(21)8-5-10-23-18/h5,8,10,15-16H,2-4,6-7,9,11-14H2,1H3,(H,24,28)(H2,22,25,26). The predicted molar refractivity (Wildman–Crippen MR) is 109 cm³/mol. The van der Waals surface area contributed by atoms with E-state index in [1.807, 2.05) is 4.90 Å². The quantitative estimate of drug-likeness (QED) is 0.391. The molecule has 7 nitrogen and oxygen atoms in total. The number of amides is 1. The first-order valence-electron chi connectivity index (χ1n) is 10.3. The van der Waals surface area contributed by atoms with Gasteiger partial charge in [0.1, 0.15) is 0 Å². The number of nitrogens with one attached hydrogen (secondary N) is 3. The van der Waals surface area contributed by atoms with Gasteiger partial charge in [-0.15, -0.1) is 0 Å². The lowest BCUT2D eigenvalue weighted by Gasteiger charge is -2.21. The average molecular weight is 391 g/mol. The van der Waals surface area contributed by atoms with E-state index in [1.54, 1.807) is 19.3 Å². The first-order chi connectivity index (χ1) is 13.7. The Kier molecular flexibility index (Phi) is 7.45. The number of carbonyl (C=O) groups is 1. The van der Waals surface area contributed by atoms with Crippen molar-refractivity contribution in [3.63, 3.8) is 0 Å². The highest BCUT2D eigenvalue weighted by Crippen LogP contribution is 2.23. The fraction of sp³-hybridized carbons (Fsp3) is 0.650. The minimum atomic E-state index is -0.292. The second-order valence-corrected chi connectivity index (χ2v) is 7.51. The van der Waals surface area contributed by atoms with Gasteiger partial charge < -0.3 is 20.9 Å². The number of pyridine rings is 1. The van der Waals surface area contributed by atoms with Crippen LogP contribution in [0.1, 0.15) is 38.5 Å². The van der Waals surface area contributed by atoms with Crippen LogP contribution in [0.25, 0.3) is 0 Å². The third-order valence-electron chi connectivity index (χ3n) is 5.48. The van der Waals surface area contributed by atoms with Gasteiger partial charge in [0, 0.05) is 51.4 Å². The number of aromatic nitrogens is 1. The smallest absolute Gasteiger partial charge is 0.223 e. The Balaban J connectivity index is 1.37. The summed E-state index contributed by atoms with van der Waals surface area (Å²) in [7, 11) is 1.72. The monoisotopic (exact) mass is 390 g/mol. The van der Waals surface area contributed by atoms with Crippen LogP contribution in [0.5, 0.6) is 0 Å². The van der Waals surface area contributed by atoms with Gasteiger partial charge in [-0.05, 0) is 31.4 Å². The summed E-state index contributed by atoms with van der Waals surface area (Å²) < 4.78 is 13.9. The van der Waals surface area contributed by atoms with Crippen LogP contribution in [0.4, 0.5) is 10.2 Å². The molecule has 1 aromatic heterocycles. The number of guanidine groups is 1. The molecule has 8 heteroatoms. The van der Waals surface area contributed by atoms with Gasteiger partial charge in [-0.25, -0.2) is 9.37 Å². The van der Waals surface area contributed by atoms with E-state index in [0.29, 0.717) is 31.4 Å². The van der Waals surface area contributed by atoms with E-state index in [-0.39, 0.29) is 23.7 Å². The molecule has 2 aliphatic rings. The van der Waals surface area contributed by atoms with Gasteiger partial charge in [0.2, 0.25) is 5.91 Å². The second kappa shape index (κ2) is 10.2. The molecule has 1 aliphatic carbocycles. The number of hydrogen-bond acceptors (Lipinski definition) is 4. The van der Waals surface area contributed by atoms with Gasteiger partial charge in [-0.2, -0.15) is 0 Å². The van der Waals surface area contributed by atoms with Gasteiger partial charge in [-0.1, -0.05) is 19.3 Å². The molecule has 1 amide bonds. The molecule has 0 radical (unpaired) electrons. The fourth-order valence-electron chi connectivity index (χ4n) is 3.94. The maximum atomic E-state index is 13.9. The first-order valence-corrected chi connectivity index (χ1v) is 10.3. The Labute approximate surface area is 166 Å². The molecule has 28 heavy (non-hydrogen) atoms.